The van der Waals surface area contributed by atoms with Crippen LogP contribution in [0.3, 0.4) is 0 Å². The minimum Gasteiger partial charge on any atom is -0.463 e. The SMILES string of the molecule is CC1(C)[C@@H](Br)CC[C@]2(C)O[C@H]3COC(=O)[C@@H]3CC[C@@H]12. The maximum Gasteiger partial charge on any atom is 0.311 e. The Bertz CT molecular complexity index is 395. The van der Waals surface area contributed by atoms with Gasteiger partial charge in [-0.15, -0.1) is 0 Å². The van der Waals surface area contributed by atoms with E-state index in [1.807, 2.05) is 0 Å². The Morgan fingerprint density at radius 2 is 1.95 bits per heavy atom. The van der Waals surface area contributed by atoms with E-state index in [1.54, 1.807) is 0 Å². The topological polar surface area (TPSA) is 35.5 Å². The molecule has 1 aliphatic carbocycles. The van der Waals surface area contributed by atoms with Crippen molar-refractivity contribution in [3.8, 4) is 0 Å². The summed E-state index contributed by atoms with van der Waals surface area (Å²) in [5.41, 5.74) is 0.0940. The number of rotatable bonds is 0. The number of fused-ring (bicyclic) bond motifs is 2. The second kappa shape index (κ2) is 4.45. The van der Waals surface area contributed by atoms with Gasteiger partial charge >= 0.3 is 5.97 Å². The van der Waals surface area contributed by atoms with Crippen molar-refractivity contribution in [2.75, 3.05) is 6.61 Å². The van der Waals surface area contributed by atoms with Crippen LogP contribution in [-0.4, -0.2) is 29.1 Å². The second-order valence-electron chi connectivity index (χ2n) is 7.16. The molecule has 0 aromatic carbocycles. The highest BCUT2D eigenvalue weighted by Crippen LogP contribution is 2.55. The van der Waals surface area contributed by atoms with Gasteiger partial charge in [0.1, 0.15) is 12.7 Å². The third kappa shape index (κ3) is 2.06. The van der Waals surface area contributed by atoms with E-state index < -0.39 is 0 Å². The molecule has 3 nitrogen and oxygen atoms in total. The fraction of sp³-hybridized carbons (Fsp3) is 0.933. The van der Waals surface area contributed by atoms with Crippen LogP contribution in [0.1, 0.15) is 46.5 Å². The number of alkyl halides is 1. The minimum atomic E-state index is -0.110. The van der Waals surface area contributed by atoms with Crippen LogP contribution in [0.15, 0.2) is 0 Å². The van der Waals surface area contributed by atoms with Crippen LogP contribution in [0, 0.1) is 17.3 Å². The van der Waals surface area contributed by atoms with Gasteiger partial charge in [0.2, 0.25) is 0 Å². The molecule has 3 rings (SSSR count). The molecule has 0 bridgehead atoms. The van der Waals surface area contributed by atoms with Crippen molar-refractivity contribution >= 4 is 21.9 Å². The summed E-state index contributed by atoms with van der Waals surface area (Å²) in [5, 5.41) is 0. The molecule has 3 aliphatic rings. The van der Waals surface area contributed by atoms with Crippen molar-refractivity contribution in [3.05, 3.63) is 0 Å². The summed E-state index contributed by atoms with van der Waals surface area (Å²) in [6.45, 7) is 7.35. The molecule has 5 atom stereocenters. The van der Waals surface area contributed by atoms with E-state index in [2.05, 4.69) is 36.7 Å². The molecule has 0 aromatic rings. The normalized spacial score (nSPS) is 48.9. The molecule has 0 unspecified atom stereocenters. The minimum absolute atomic E-state index is 0.0230. The molecule has 0 radical (unpaired) electrons. The number of carbonyl (C=O) groups is 1. The summed E-state index contributed by atoms with van der Waals surface area (Å²) in [4.78, 5) is 12.3. The molecule has 2 saturated heterocycles. The third-order valence-electron chi connectivity index (χ3n) is 5.67. The van der Waals surface area contributed by atoms with Crippen LogP contribution < -0.4 is 0 Å². The molecule has 0 N–H and O–H groups in total. The lowest BCUT2D eigenvalue weighted by Gasteiger charge is -2.52. The number of cyclic esters (lactones) is 1. The maximum absolute atomic E-state index is 11.8. The summed E-state index contributed by atoms with van der Waals surface area (Å²) in [5.74, 6) is 0.406. The molecule has 0 amide bonds. The number of hydrogen-bond donors (Lipinski definition) is 0. The van der Waals surface area contributed by atoms with E-state index >= 15 is 0 Å². The first-order valence-electron chi connectivity index (χ1n) is 7.33. The first kappa shape index (κ1) is 13.9. The molecule has 2 heterocycles. The smallest absolute Gasteiger partial charge is 0.311 e. The van der Waals surface area contributed by atoms with Crippen LogP contribution in [0.4, 0.5) is 0 Å². The predicted molar refractivity (Wildman–Crippen MR) is 76.2 cm³/mol. The molecule has 1 saturated carbocycles. The Balaban J connectivity index is 1.91. The molecule has 2 aliphatic heterocycles. The van der Waals surface area contributed by atoms with E-state index in [1.165, 1.54) is 0 Å². The largest absolute Gasteiger partial charge is 0.463 e. The molecular formula is C15H23BrO3. The van der Waals surface area contributed by atoms with E-state index in [0.717, 1.165) is 25.7 Å². The van der Waals surface area contributed by atoms with Gasteiger partial charge in [-0.2, -0.15) is 0 Å². The second-order valence-corrected chi connectivity index (χ2v) is 8.27. The average Bonchev–Trinajstić information content (AvgIpc) is 2.58. The average molecular weight is 331 g/mol. The van der Waals surface area contributed by atoms with Crippen molar-refractivity contribution in [2.45, 2.75) is 63.0 Å². The Labute approximate surface area is 123 Å². The van der Waals surface area contributed by atoms with Gasteiger partial charge in [0.05, 0.1) is 11.5 Å². The molecule has 0 spiro atoms. The molecule has 108 valence electrons. The van der Waals surface area contributed by atoms with Crippen LogP contribution in [0.5, 0.6) is 0 Å². The van der Waals surface area contributed by atoms with E-state index in [-0.39, 0.29) is 29.0 Å². The molecule has 19 heavy (non-hydrogen) atoms. The Hall–Kier alpha value is -0.0900. The van der Waals surface area contributed by atoms with E-state index in [4.69, 9.17) is 9.47 Å². The van der Waals surface area contributed by atoms with E-state index in [0.29, 0.717) is 17.4 Å². The molecular weight excluding hydrogens is 308 g/mol. The number of esters is 1. The van der Waals surface area contributed by atoms with Crippen LogP contribution in [-0.2, 0) is 14.3 Å². The molecule has 0 aromatic heterocycles. The van der Waals surface area contributed by atoms with Gasteiger partial charge in [-0.3, -0.25) is 4.79 Å². The predicted octanol–water partition coefficient (Wildman–Crippen LogP) is 3.30. The van der Waals surface area contributed by atoms with Crippen molar-refractivity contribution in [3.63, 3.8) is 0 Å². The summed E-state index contributed by atoms with van der Waals surface area (Å²) >= 11 is 3.85. The van der Waals surface area contributed by atoms with Gasteiger partial charge in [-0.25, -0.2) is 0 Å². The van der Waals surface area contributed by atoms with Crippen molar-refractivity contribution < 1.29 is 14.3 Å². The highest BCUT2D eigenvalue weighted by Gasteiger charge is 2.55. The zero-order valence-electron chi connectivity index (χ0n) is 11.9. The number of halogens is 1. The summed E-state index contributed by atoms with van der Waals surface area (Å²) < 4.78 is 11.6. The first-order chi connectivity index (χ1) is 8.84. The highest BCUT2D eigenvalue weighted by molar-refractivity contribution is 9.09. The standard InChI is InChI=1S/C15H23BrO3/c1-14(2)11-5-4-9-10(8-18-13(9)17)19-15(11,3)7-6-12(14)16/h9-12H,4-8H2,1-3H3/t9-,10+,11+,12+,15+/m1/s1. The van der Waals surface area contributed by atoms with Gasteiger partial charge in [0, 0.05) is 4.83 Å². The zero-order chi connectivity index (χ0) is 13.8. The van der Waals surface area contributed by atoms with Crippen LogP contribution >= 0.6 is 15.9 Å². The zero-order valence-corrected chi connectivity index (χ0v) is 13.5. The number of ether oxygens (including phenoxy) is 2. The van der Waals surface area contributed by atoms with Gasteiger partial charge < -0.3 is 9.47 Å². The van der Waals surface area contributed by atoms with E-state index in [9.17, 15) is 4.79 Å². The van der Waals surface area contributed by atoms with Crippen molar-refractivity contribution in [1.82, 2.24) is 0 Å². The monoisotopic (exact) mass is 330 g/mol. The summed E-state index contributed by atoms with van der Waals surface area (Å²) in [7, 11) is 0. The lowest BCUT2D eigenvalue weighted by atomic mass is 9.60. The quantitative estimate of drug-likeness (QED) is 0.505. The lowest BCUT2D eigenvalue weighted by Crippen LogP contribution is -2.53. The summed E-state index contributed by atoms with van der Waals surface area (Å²) in [6, 6.07) is 0. The van der Waals surface area contributed by atoms with Crippen LogP contribution in [0.25, 0.3) is 0 Å². The molecule has 3 fully saturated rings. The Morgan fingerprint density at radius 1 is 1.21 bits per heavy atom. The van der Waals surface area contributed by atoms with Crippen molar-refractivity contribution in [1.29, 1.82) is 0 Å². The highest BCUT2D eigenvalue weighted by atomic mass is 79.9. The Morgan fingerprint density at radius 3 is 2.68 bits per heavy atom. The fourth-order valence-corrected chi connectivity index (χ4v) is 4.98. The van der Waals surface area contributed by atoms with Crippen molar-refractivity contribution in [2.24, 2.45) is 17.3 Å². The van der Waals surface area contributed by atoms with Crippen LogP contribution in [0.2, 0.25) is 0 Å². The first-order valence-corrected chi connectivity index (χ1v) is 8.25. The third-order valence-corrected chi connectivity index (χ3v) is 7.30. The van der Waals surface area contributed by atoms with Gasteiger partial charge in [-0.1, -0.05) is 29.8 Å². The van der Waals surface area contributed by atoms with Gasteiger partial charge in [-0.05, 0) is 43.9 Å². The molecule has 4 heteroatoms. The lowest BCUT2D eigenvalue weighted by molar-refractivity contribution is -0.157. The Kier molecular flexibility index (Phi) is 3.25. The number of hydrogen-bond acceptors (Lipinski definition) is 3. The van der Waals surface area contributed by atoms with Gasteiger partial charge in [0.15, 0.2) is 0 Å². The summed E-state index contributed by atoms with van der Waals surface area (Å²) in [6.07, 6.45) is 4.14. The maximum atomic E-state index is 11.8. The fourth-order valence-electron chi connectivity index (χ4n) is 4.43. The van der Waals surface area contributed by atoms with Gasteiger partial charge in [0.25, 0.3) is 0 Å². The number of carbonyl (C=O) groups excluding carboxylic acids is 1.